The Morgan fingerprint density at radius 3 is 2.75 bits per heavy atom. The summed E-state index contributed by atoms with van der Waals surface area (Å²) in [5, 5.41) is 17.8. The molecule has 1 N–H and O–H groups in total. The molecule has 4 heteroatoms. The maximum absolute atomic E-state index is 11.0. The van der Waals surface area contributed by atoms with Crippen LogP contribution in [0.4, 0.5) is 0 Å². The van der Waals surface area contributed by atoms with Crippen LogP contribution in [-0.2, 0) is 0 Å². The topological polar surface area (TPSA) is 68.8 Å². The molecule has 1 aliphatic rings. The van der Waals surface area contributed by atoms with Gasteiger partial charge in [-0.15, -0.1) is 0 Å². The first-order valence-corrected chi connectivity index (χ1v) is 5.81. The standard InChI is InChI=1S/C12H18N2O2/c1-6(2)8-5-4-7(3)9-10(8)13-14-11(9)12(15)16/h6-8H,4-5H2,1-3H3,(H,13,14)(H,15,16)/p-1. The highest BCUT2D eigenvalue weighted by Crippen LogP contribution is 2.42. The number of nitrogens with one attached hydrogen (secondary N) is 1. The summed E-state index contributed by atoms with van der Waals surface area (Å²) in [5.74, 6) is -0.0153. The van der Waals surface area contributed by atoms with Gasteiger partial charge in [-0.25, -0.2) is 0 Å². The summed E-state index contributed by atoms with van der Waals surface area (Å²) in [6.45, 7) is 6.37. The van der Waals surface area contributed by atoms with E-state index in [1.165, 1.54) is 0 Å². The van der Waals surface area contributed by atoms with Crippen molar-refractivity contribution in [3.05, 3.63) is 17.0 Å². The summed E-state index contributed by atoms with van der Waals surface area (Å²) in [5.41, 5.74) is 1.98. The fourth-order valence-corrected chi connectivity index (χ4v) is 2.69. The fourth-order valence-electron chi connectivity index (χ4n) is 2.69. The van der Waals surface area contributed by atoms with Crippen molar-refractivity contribution in [2.75, 3.05) is 0 Å². The summed E-state index contributed by atoms with van der Waals surface area (Å²) in [6, 6.07) is 0. The largest absolute Gasteiger partial charge is 0.543 e. The van der Waals surface area contributed by atoms with Crippen molar-refractivity contribution in [1.29, 1.82) is 0 Å². The minimum absolute atomic E-state index is 0.104. The number of hydrogen-bond donors (Lipinski definition) is 1. The molecule has 16 heavy (non-hydrogen) atoms. The van der Waals surface area contributed by atoms with Crippen LogP contribution < -0.4 is 5.11 Å². The molecule has 2 unspecified atom stereocenters. The molecule has 0 saturated carbocycles. The predicted octanol–water partition coefficient (Wildman–Crippen LogP) is 1.41. The van der Waals surface area contributed by atoms with Gasteiger partial charge in [-0.05, 0) is 24.7 Å². The average molecular weight is 221 g/mol. The summed E-state index contributed by atoms with van der Waals surface area (Å²) in [6.07, 6.45) is 2.12. The van der Waals surface area contributed by atoms with Crippen LogP contribution in [0.1, 0.15) is 67.2 Å². The van der Waals surface area contributed by atoms with Gasteiger partial charge >= 0.3 is 0 Å². The van der Waals surface area contributed by atoms with Crippen LogP contribution in [0.3, 0.4) is 0 Å². The molecule has 1 heterocycles. The molecule has 0 saturated heterocycles. The highest BCUT2D eigenvalue weighted by Gasteiger charge is 2.31. The molecule has 1 aromatic heterocycles. The van der Waals surface area contributed by atoms with Gasteiger partial charge in [0.2, 0.25) is 0 Å². The molecule has 2 rings (SSSR count). The van der Waals surface area contributed by atoms with Crippen LogP contribution >= 0.6 is 0 Å². The predicted molar refractivity (Wildman–Crippen MR) is 58.1 cm³/mol. The lowest BCUT2D eigenvalue weighted by molar-refractivity contribution is -0.255. The maximum atomic E-state index is 11.0. The molecule has 0 aliphatic heterocycles. The van der Waals surface area contributed by atoms with Crippen LogP contribution in [0, 0.1) is 5.92 Å². The molecule has 0 bridgehead atoms. The number of aromatic amines is 1. The summed E-state index contributed by atoms with van der Waals surface area (Å²) in [4.78, 5) is 11.0. The summed E-state index contributed by atoms with van der Waals surface area (Å²) in [7, 11) is 0. The molecule has 2 atom stereocenters. The zero-order valence-electron chi connectivity index (χ0n) is 9.91. The van der Waals surface area contributed by atoms with Crippen LogP contribution in [0.5, 0.6) is 0 Å². The number of fused-ring (bicyclic) bond motifs is 1. The van der Waals surface area contributed by atoms with Gasteiger partial charge < -0.3 is 9.90 Å². The number of nitrogens with zero attached hydrogens (tertiary/aromatic N) is 1. The number of H-pyrrole nitrogens is 1. The molecule has 0 spiro atoms. The SMILES string of the molecule is CC1CCC(C(C)C)c2[nH]nc(C(=O)[O-])c21. The molecule has 0 radical (unpaired) electrons. The van der Waals surface area contributed by atoms with E-state index in [2.05, 4.69) is 31.0 Å². The van der Waals surface area contributed by atoms with E-state index in [-0.39, 0.29) is 11.6 Å². The second-order valence-corrected chi connectivity index (χ2v) is 5.02. The van der Waals surface area contributed by atoms with Gasteiger partial charge in [0.1, 0.15) is 5.69 Å². The Morgan fingerprint density at radius 2 is 2.19 bits per heavy atom. The van der Waals surface area contributed by atoms with Crippen LogP contribution in [0.25, 0.3) is 0 Å². The zero-order valence-corrected chi connectivity index (χ0v) is 9.91. The second kappa shape index (κ2) is 3.92. The van der Waals surface area contributed by atoms with Crippen molar-refractivity contribution in [1.82, 2.24) is 10.2 Å². The molecule has 4 nitrogen and oxygen atoms in total. The third-order valence-electron chi connectivity index (χ3n) is 3.61. The fraction of sp³-hybridized carbons (Fsp3) is 0.667. The van der Waals surface area contributed by atoms with Crippen molar-refractivity contribution in [2.24, 2.45) is 5.92 Å². The number of rotatable bonds is 2. The monoisotopic (exact) mass is 221 g/mol. The zero-order chi connectivity index (χ0) is 11.9. The van der Waals surface area contributed by atoms with Crippen LogP contribution in [0.15, 0.2) is 0 Å². The van der Waals surface area contributed by atoms with E-state index in [0.29, 0.717) is 11.8 Å². The van der Waals surface area contributed by atoms with Crippen LogP contribution in [0.2, 0.25) is 0 Å². The minimum Gasteiger partial charge on any atom is -0.543 e. The highest BCUT2D eigenvalue weighted by molar-refractivity contribution is 5.86. The third kappa shape index (κ3) is 1.62. The molecule has 88 valence electrons. The normalized spacial score (nSPS) is 24.5. The Kier molecular flexibility index (Phi) is 2.74. The first kappa shape index (κ1) is 11.2. The number of aromatic nitrogens is 2. The van der Waals surface area contributed by atoms with Crippen molar-refractivity contribution in [2.45, 2.75) is 45.4 Å². The van der Waals surface area contributed by atoms with Crippen molar-refractivity contribution in [3.63, 3.8) is 0 Å². The summed E-state index contributed by atoms with van der Waals surface area (Å²) >= 11 is 0. The molecule has 1 aliphatic carbocycles. The smallest absolute Gasteiger partial charge is 0.111 e. The summed E-state index contributed by atoms with van der Waals surface area (Å²) < 4.78 is 0. The van der Waals surface area contributed by atoms with E-state index in [9.17, 15) is 9.90 Å². The molecular weight excluding hydrogens is 204 g/mol. The minimum atomic E-state index is -1.17. The number of aromatic carboxylic acids is 1. The lowest BCUT2D eigenvalue weighted by Gasteiger charge is -2.29. The van der Waals surface area contributed by atoms with Gasteiger partial charge in [0.25, 0.3) is 0 Å². The number of hydrogen-bond acceptors (Lipinski definition) is 3. The molecule has 0 amide bonds. The maximum Gasteiger partial charge on any atom is 0.111 e. The molecule has 0 fully saturated rings. The highest BCUT2D eigenvalue weighted by atomic mass is 16.4. The van der Waals surface area contributed by atoms with Crippen LogP contribution in [-0.4, -0.2) is 16.2 Å². The van der Waals surface area contributed by atoms with E-state index in [0.717, 1.165) is 24.1 Å². The Balaban J connectivity index is 2.49. The van der Waals surface area contributed by atoms with Gasteiger partial charge in [-0.2, -0.15) is 5.10 Å². The number of carboxylic acid groups (broad SMARTS) is 1. The molecular formula is C12H17N2O2-. The van der Waals surface area contributed by atoms with E-state index in [4.69, 9.17) is 0 Å². The van der Waals surface area contributed by atoms with Crippen molar-refractivity contribution < 1.29 is 9.90 Å². The quantitative estimate of drug-likeness (QED) is 0.821. The third-order valence-corrected chi connectivity index (χ3v) is 3.61. The second-order valence-electron chi connectivity index (χ2n) is 5.02. The molecule has 1 aromatic rings. The lowest BCUT2D eigenvalue weighted by atomic mass is 9.76. The van der Waals surface area contributed by atoms with Crippen molar-refractivity contribution in [3.8, 4) is 0 Å². The van der Waals surface area contributed by atoms with Gasteiger partial charge in [-0.3, -0.25) is 5.10 Å². The Morgan fingerprint density at radius 1 is 1.50 bits per heavy atom. The Hall–Kier alpha value is -1.32. The van der Waals surface area contributed by atoms with E-state index in [1.54, 1.807) is 0 Å². The first-order valence-electron chi connectivity index (χ1n) is 5.81. The van der Waals surface area contributed by atoms with E-state index >= 15 is 0 Å². The Labute approximate surface area is 95.1 Å². The van der Waals surface area contributed by atoms with Gasteiger partial charge in [0.15, 0.2) is 0 Å². The Bertz CT molecular complexity index is 409. The number of carboxylic acids is 1. The average Bonchev–Trinajstić information content (AvgIpc) is 2.62. The van der Waals surface area contributed by atoms with Gasteiger partial charge in [0, 0.05) is 17.2 Å². The van der Waals surface area contributed by atoms with E-state index in [1.807, 2.05) is 0 Å². The lowest BCUT2D eigenvalue weighted by Crippen LogP contribution is -2.26. The number of carbonyl (C=O) groups is 1. The van der Waals surface area contributed by atoms with Gasteiger partial charge in [0.05, 0.1) is 5.97 Å². The first-order chi connectivity index (χ1) is 7.52. The molecule has 0 aromatic carbocycles. The van der Waals surface area contributed by atoms with Crippen molar-refractivity contribution >= 4 is 5.97 Å². The number of carbonyl (C=O) groups excluding carboxylic acids is 1. The van der Waals surface area contributed by atoms with E-state index < -0.39 is 5.97 Å². The van der Waals surface area contributed by atoms with Gasteiger partial charge in [-0.1, -0.05) is 20.8 Å².